The highest BCUT2D eigenvalue weighted by Gasteiger charge is 2.21. The maximum absolute atomic E-state index is 12.7. The number of carbonyl (C=O) groups is 1. The number of anilines is 1. The number of fused-ring (bicyclic) bond motifs is 1. The van der Waals surface area contributed by atoms with Crippen molar-refractivity contribution in [3.05, 3.63) is 93.5 Å². The summed E-state index contributed by atoms with van der Waals surface area (Å²) in [6.45, 7) is 0. The number of nitrogen functional groups attached to an aromatic ring is 1. The molecule has 0 spiro atoms. The van der Waals surface area contributed by atoms with Gasteiger partial charge in [-0.1, -0.05) is 48.0 Å². The first-order valence-corrected chi connectivity index (χ1v) is 11.9. The number of benzene rings is 2. The van der Waals surface area contributed by atoms with Crippen LogP contribution in [0.15, 0.2) is 71.4 Å². The molecule has 0 bridgehead atoms. The number of hydrogen-bond acceptors (Lipinski definition) is 5. The second-order valence-electron chi connectivity index (χ2n) is 7.79. The molecular weight excluding hydrogens is 468 g/mol. The number of H-pyrrole nitrogens is 2. The Hall–Kier alpha value is -3.88. The van der Waals surface area contributed by atoms with Crippen molar-refractivity contribution in [3.63, 3.8) is 0 Å². The van der Waals surface area contributed by atoms with Crippen molar-refractivity contribution in [1.82, 2.24) is 25.5 Å². The van der Waals surface area contributed by atoms with Crippen LogP contribution in [0, 0.1) is 0 Å². The van der Waals surface area contributed by atoms with E-state index in [1.54, 1.807) is 17.4 Å². The van der Waals surface area contributed by atoms with E-state index in [-0.39, 0.29) is 5.91 Å². The van der Waals surface area contributed by atoms with E-state index in [9.17, 15) is 4.79 Å². The predicted molar refractivity (Wildman–Crippen MR) is 137 cm³/mol. The summed E-state index contributed by atoms with van der Waals surface area (Å²) in [7, 11) is 0. The second kappa shape index (κ2) is 9.54. The van der Waals surface area contributed by atoms with Gasteiger partial charge in [-0.2, -0.15) is 16.4 Å². The van der Waals surface area contributed by atoms with Gasteiger partial charge in [-0.25, -0.2) is 4.98 Å². The third-order valence-electron chi connectivity index (χ3n) is 5.44. The first-order valence-electron chi connectivity index (χ1n) is 10.6. The van der Waals surface area contributed by atoms with Gasteiger partial charge in [0.25, 0.3) is 0 Å². The van der Waals surface area contributed by atoms with Gasteiger partial charge in [-0.15, -0.1) is 0 Å². The number of imidazole rings is 1. The number of aromatic nitrogens is 4. The molecule has 34 heavy (non-hydrogen) atoms. The van der Waals surface area contributed by atoms with Gasteiger partial charge in [0.1, 0.15) is 16.7 Å². The van der Waals surface area contributed by atoms with Crippen LogP contribution in [-0.2, 0) is 11.2 Å². The van der Waals surface area contributed by atoms with E-state index in [0.717, 1.165) is 27.6 Å². The van der Waals surface area contributed by atoms with Gasteiger partial charge in [0.15, 0.2) is 5.82 Å². The van der Waals surface area contributed by atoms with Gasteiger partial charge in [0.05, 0.1) is 11.6 Å². The Morgan fingerprint density at radius 3 is 2.85 bits per heavy atom. The number of halogens is 1. The molecular formula is C25H21ClN6OS. The summed E-state index contributed by atoms with van der Waals surface area (Å²) < 4.78 is 0. The smallest absolute Gasteiger partial charge is 0.244 e. The predicted octanol–water partition coefficient (Wildman–Crippen LogP) is 5.36. The van der Waals surface area contributed by atoms with Crippen molar-refractivity contribution in [2.24, 2.45) is 0 Å². The Labute approximate surface area is 204 Å². The highest BCUT2D eigenvalue weighted by molar-refractivity contribution is 7.08. The van der Waals surface area contributed by atoms with E-state index < -0.39 is 6.04 Å². The average molecular weight is 489 g/mol. The second-order valence-corrected chi connectivity index (χ2v) is 8.95. The molecule has 0 unspecified atom stereocenters. The van der Waals surface area contributed by atoms with Gasteiger partial charge in [0, 0.05) is 17.0 Å². The molecule has 3 aromatic heterocycles. The summed E-state index contributed by atoms with van der Waals surface area (Å²) in [5.41, 5.74) is 10.1. The minimum Gasteiger partial charge on any atom is -0.382 e. The van der Waals surface area contributed by atoms with Crippen molar-refractivity contribution in [1.29, 1.82) is 0 Å². The molecule has 0 saturated carbocycles. The Morgan fingerprint density at radius 1 is 1.21 bits per heavy atom. The Kier molecular flexibility index (Phi) is 6.16. The van der Waals surface area contributed by atoms with Crippen molar-refractivity contribution in [3.8, 4) is 11.3 Å². The fourth-order valence-corrected chi connectivity index (χ4v) is 4.62. The lowest BCUT2D eigenvalue weighted by molar-refractivity contribution is -0.117. The third-order valence-corrected chi connectivity index (χ3v) is 6.42. The van der Waals surface area contributed by atoms with E-state index in [0.29, 0.717) is 28.9 Å². The summed E-state index contributed by atoms with van der Waals surface area (Å²) in [5.74, 6) is 0.803. The fraction of sp³-hybridized carbons (Fsp3) is 0.0800. The van der Waals surface area contributed by atoms with Gasteiger partial charge < -0.3 is 16.0 Å². The van der Waals surface area contributed by atoms with Gasteiger partial charge in [-0.05, 0) is 52.6 Å². The van der Waals surface area contributed by atoms with Crippen molar-refractivity contribution >= 4 is 51.6 Å². The quantitative estimate of drug-likeness (QED) is 0.231. The number of nitrogens with zero attached hydrogens (tertiary/aromatic N) is 2. The first kappa shape index (κ1) is 21.9. The third kappa shape index (κ3) is 4.73. The standard InChI is InChI=1S/C25H21ClN6OS/c26-23-22(17-7-8-18-19(13-17)31-32-24(18)27)29-25(30-23)20(12-15-4-2-1-3-5-15)28-21(33)9-6-16-10-11-34-14-16/h1-11,13-14,20H,12H2,(H,28,33)(H,29,30)(H3,27,31,32)/b9-6+/t20-/m0/s1. The topological polar surface area (TPSA) is 112 Å². The monoisotopic (exact) mass is 488 g/mol. The van der Waals surface area contributed by atoms with Crippen molar-refractivity contribution in [2.45, 2.75) is 12.5 Å². The minimum absolute atomic E-state index is 0.212. The molecule has 0 saturated heterocycles. The SMILES string of the molecule is Nc1n[nH]c2cc(-c3nc([C@H](Cc4ccccc4)NC(=O)/C=C/c4ccsc4)[nH]c3Cl)ccc12. The molecule has 2 aromatic carbocycles. The highest BCUT2D eigenvalue weighted by Crippen LogP contribution is 2.31. The van der Waals surface area contributed by atoms with Gasteiger partial charge in [0.2, 0.25) is 5.91 Å². The van der Waals surface area contributed by atoms with Crippen LogP contribution in [0.3, 0.4) is 0 Å². The van der Waals surface area contributed by atoms with Gasteiger partial charge in [-0.3, -0.25) is 9.89 Å². The Bertz CT molecular complexity index is 1460. The van der Waals surface area contributed by atoms with Gasteiger partial charge >= 0.3 is 0 Å². The maximum atomic E-state index is 12.7. The highest BCUT2D eigenvalue weighted by atomic mass is 35.5. The Balaban J connectivity index is 1.44. The number of hydrogen-bond donors (Lipinski definition) is 4. The molecule has 5 aromatic rings. The first-order chi connectivity index (χ1) is 16.6. The number of amides is 1. The van der Waals surface area contributed by atoms with E-state index in [2.05, 4.69) is 20.5 Å². The summed E-state index contributed by atoms with van der Waals surface area (Å²) in [6.07, 6.45) is 3.87. The zero-order valence-corrected chi connectivity index (χ0v) is 19.5. The molecule has 1 amide bonds. The van der Waals surface area contributed by atoms with E-state index in [1.165, 1.54) is 6.08 Å². The lowest BCUT2D eigenvalue weighted by atomic mass is 10.1. The maximum Gasteiger partial charge on any atom is 0.244 e. The number of nitrogens with one attached hydrogen (secondary N) is 3. The lowest BCUT2D eigenvalue weighted by Gasteiger charge is -2.16. The summed E-state index contributed by atoms with van der Waals surface area (Å²) >= 11 is 8.14. The van der Waals surface area contributed by atoms with Crippen molar-refractivity contribution in [2.75, 3.05) is 5.73 Å². The molecule has 5 N–H and O–H groups in total. The Morgan fingerprint density at radius 2 is 2.06 bits per heavy atom. The number of nitrogens with two attached hydrogens (primary N) is 1. The van der Waals surface area contributed by atoms with Crippen LogP contribution >= 0.6 is 22.9 Å². The molecule has 0 aliphatic rings. The van der Waals surface area contributed by atoms with Crippen LogP contribution < -0.4 is 11.1 Å². The number of carbonyl (C=O) groups excluding carboxylic acids is 1. The van der Waals surface area contributed by atoms with Crippen LogP contribution in [0.4, 0.5) is 5.82 Å². The molecule has 0 aliphatic carbocycles. The molecule has 1 atom stereocenters. The van der Waals surface area contributed by atoms with Crippen LogP contribution in [0.1, 0.15) is 23.0 Å². The largest absolute Gasteiger partial charge is 0.382 e. The summed E-state index contributed by atoms with van der Waals surface area (Å²) in [5, 5.41) is 15.2. The normalized spacial score (nSPS) is 12.4. The molecule has 3 heterocycles. The molecule has 5 rings (SSSR count). The minimum atomic E-state index is -0.403. The van der Waals surface area contributed by atoms with E-state index in [1.807, 2.05) is 65.4 Å². The zero-order valence-electron chi connectivity index (χ0n) is 18.0. The van der Waals surface area contributed by atoms with Crippen LogP contribution in [0.5, 0.6) is 0 Å². The van der Waals surface area contributed by atoms with Crippen LogP contribution in [-0.4, -0.2) is 26.1 Å². The van der Waals surface area contributed by atoms with Crippen molar-refractivity contribution < 1.29 is 4.79 Å². The molecule has 170 valence electrons. The van der Waals surface area contributed by atoms with E-state index in [4.69, 9.17) is 22.3 Å². The number of thiophene rings is 1. The molecule has 7 nitrogen and oxygen atoms in total. The number of aromatic amines is 2. The summed E-state index contributed by atoms with van der Waals surface area (Å²) in [6, 6.07) is 17.2. The molecule has 9 heteroatoms. The molecule has 0 fully saturated rings. The average Bonchev–Trinajstić information content (AvgIpc) is 3.58. The van der Waals surface area contributed by atoms with Crippen LogP contribution in [0.2, 0.25) is 5.15 Å². The zero-order chi connectivity index (χ0) is 23.5. The lowest BCUT2D eigenvalue weighted by Crippen LogP contribution is -2.29. The molecule has 0 aliphatic heterocycles. The van der Waals surface area contributed by atoms with E-state index >= 15 is 0 Å². The summed E-state index contributed by atoms with van der Waals surface area (Å²) in [4.78, 5) is 20.7. The number of rotatable bonds is 7. The fourth-order valence-electron chi connectivity index (χ4n) is 3.74. The molecule has 0 radical (unpaired) electrons. The van der Waals surface area contributed by atoms with Crippen LogP contribution in [0.25, 0.3) is 28.2 Å².